The monoisotopic (exact) mass is 530 g/mol. The van der Waals surface area contributed by atoms with Crippen LogP contribution in [-0.4, -0.2) is 56.2 Å². The molecule has 0 spiro atoms. The number of aromatic nitrogens is 3. The average molecular weight is 531 g/mol. The number of nitrogens with zero attached hydrogens (tertiary/aromatic N) is 5. The van der Waals surface area contributed by atoms with Gasteiger partial charge >= 0.3 is 0 Å². The summed E-state index contributed by atoms with van der Waals surface area (Å²) in [5.41, 5.74) is 0.371. The van der Waals surface area contributed by atoms with Gasteiger partial charge in [-0.05, 0) is 40.5 Å². The van der Waals surface area contributed by atoms with Crippen molar-refractivity contribution in [2.45, 2.75) is 71.7 Å². The van der Waals surface area contributed by atoms with E-state index in [0.717, 1.165) is 12.8 Å². The summed E-state index contributed by atoms with van der Waals surface area (Å²) in [6.45, 7) is 8.45. The summed E-state index contributed by atoms with van der Waals surface area (Å²) >= 11 is 0. The predicted octanol–water partition coefficient (Wildman–Crippen LogP) is 2.63. The third kappa shape index (κ3) is 6.37. The molecule has 0 aliphatic carbocycles. The number of anilines is 1. The zero-order valence-electron chi connectivity index (χ0n) is 22.8. The van der Waals surface area contributed by atoms with Gasteiger partial charge < -0.3 is 19.3 Å². The molecule has 3 heterocycles. The highest BCUT2D eigenvalue weighted by Gasteiger charge is 2.30. The maximum atomic E-state index is 13.7. The number of hydrogen-bond donors (Lipinski definition) is 2. The minimum absolute atomic E-state index is 0.112. The van der Waals surface area contributed by atoms with Crippen LogP contribution in [0.15, 0.2) is 41.5 Å². The van der Waals surface area contributed by atoms with E-state index in [1.54, 1.807) is 35.8 Å². The number of carbonyl (C=O) groups excluding carboxylic acids is 1. The number of aliphatic hydroxyl groups excluding tert-OH is 1. The highest BCUT2D eigenvalue weighted by Crippen LogP contribution is 2.32. The van der Waals surface area contributed by atoms with E-state index >= 15 is 0 Å². The molecule has 1 aromatic carbocycles. The Bertz CT molecular complexity index is 1500. The first-order chi connectivity index (χ1) is 18.6. The zero-order chi connectivity index (χ0) is 28.2. The maximum Gasteiger partial charge on any atom is 0.278 e. The minimum Gasteiger partial charge on any atom is -0.356 e. The Hall–Kier alpha value is -3.96. The van der Waals surface area contributed by atoms with Crippen LogP contribution >= 0.6 is 0 Å². The predicted molar refractivity (Wildman–Crippen MR) is 148 cm³/mol. The zero-order valence-corrected chi connectivity index (χ0v) is 22.8. The first kappa shape index (κ1) is 28.1. The molecule has 1 aliphatic heterocycles. The van der Waals surface area contributed by atoms with Crippen LogP contribution in [0.4, 0.5) is 5.82 Å². The molecule has 0 saturated carbocycles. The van der Waals surface area contributed by atoms with Crippen molar-refractivity contribution in [2.24, 2.45) is 0 Å². The molecule has 0 radical (unpaired) electrons. The molecule has 1 saturated heterocycles. The molecule has 1 aliphatic rings. The van der Waals surface area contributed by atoms with E-state index in [2.05, 4.69) is 28.2 Å². The average Bonchev–Trinajstić information content (AvgIpc) is 3.22. The third-order valence-electron chi connectivity index (χ3n) is 6.50. The number of hydrogen-bond acceptors (Lipinski definition) is 8. The summed E-state index contributed by atoms with van der Waals surface area (Å²) in [7, 11) is 0. The van der Waals surface area contributed by atoms with Crippen LogP contribution in [-0.2, 0) is 17.8 Å². The summed E-state index contributed by atoms with van der Waals surface area (Å²) < 4.78 is 8.62. The normalized spacial score (nSPS) is 16.4. The topological polar surface area (TPSA) is 125 Å². The Morgan fingerprint density at radius 3 is 2.72 bits per heavy atom. The molecule has 39 heavy (non-hydrogen) atoms. The highest BCUT2D eigenvalue weighted by atomic mass is 16.6. The van der Waals surface area contributed by atoms with Crippen molar-refractivity contribution in [1.82, 2.24) is 19.4 Å². The number of carbonyl (C=O) groups is 1. The van der Waals surface area contributed by atoms with Gasteiger partial charge in [0.2, 0.25) is 6.41 Å². The molecule has 0 bridgehead atoms. The Labute approximate surface area is 227 Å². The van der Waals surface area contributed by atoms with Gasteiger partial charge in [-0.15, -0.1) is 5.92 Å². The van der Waals surface area contributed by atoms with Gasteiger partial charge in [-0.3, -0.25) is 19.5 Å². The Morgan fingerprint density at radius 2 is 2.05 bits per heavy atom. The molecule has 2 atom stereocenters. The number of piperidine rings is 1. The lowest BCUT2D eigenvalue weighted by Crippen LogP contribution is -2.51. The van der Waals surface area contributed by atoms with Crippen LogP contribution in [0.25, 0.3) is 11.0 Å². The molecule has 1 unspecified atom stereocenters. The third-order valence-corrected chi connectivity index (χ3v) is 6.50. The van der Waals surface area contributed by atoms with E-state index in [1.807, 2.05) is 31.7 Å². The molecule has 3 aromatic rings. The van der Waals surface area contributed by atoms with Crippen molar-refractivity contribution in [2.75, 3.05) is 18.0 Å². The van der Waals surface area contributed by atoms with E-state index < -0.39 is 17.6 Å². The summed E-state index contributed by atoms with van der Waals surface area (Å²) in [5.74, 6) is 6.22. The van der Waals surface area contributed by atoms with Gasteiger partial charge in [0, 0.05) is 24.7 Å². The molecule has 1 fully saturated rings. The van der Waals surface area contributed by atoms with Crippen LogP contribution < -0.4 is 15.8 Å². The van der Waals surface area contributed by atoms with E-state index in [9.17, 15) is 20.0 Å². The first-order valence-corrected chi connectivity index (χ1v) is 13.0. The molecular weight excluding hydrogens is 496 g/mol. The van der Waals surface area contributed by atoms with Gasteiger partial charge in [0.05, 0.1) is 25.0 Å². The standard InChI is InChI=1S/C29H34N6O4/c1-5-6-15-35-25-24(31-19-34(27(25)37)18-23(36)20-11-8-7-9-12-20)22(16-30)26(35)33-14-10-13-21(17-33)32-28(38)39-29(2,3)4/h7-9,11-12,19,21,28,32,38H,10,13-15,17-18H2,1-4H3/t21-,28?/m1/s1. The summed E-state index contributed by atoms with van der Waals surface area (Å²) in [5, 5.41) is 23.7. The van der Waals surface area contributed by atoms with Crippen LogP contribution in [0.1, 0.15) is 56.5 Å². The van der Waals surface area contributed by atoms with Gasteiger partial charge in [0.15, 0.2) is 5.78 Å². The van der Waals surface area contributed by atoms with Crippen LogP contribution in [0.2, 0.25) is 0 Å². The van der Waals surface area contributed by atoms with E-state index in [4.69, 9.17) is 4.74 Å². The van der Waals surface area contributed by atoms with Crippen molar-refractivity contribution in [1.29, 1.82) is 5.26 Å². The number of benzene rings is 1. The van der Waals surface area contributed by atoms with Gasteiger partial charge in [-0.1, -0.05) is 36.3 Å². The largest absolute Gasteiger partial charge is 0.356 e. The molecule has 10 nitrogen and oxygen atoms in total. The van der Waals surface area contributed by atoms with Crippen molar-refractivity contribution >= 4 is 22.6 Å². The molecule has 10 heteroatoms. The lowest BCUT2D eigenvalue weighted by Gasteiger charge is -2.37. The van der Waals surface area contributed by atoms with Crippen LogP contribution in [0, 0.1) is 23.2 Å². The van der Waals surface area contributed by atoms with Crippen molar-refractivity contribution < 1.29 is 14.6 Å². The Kier molecular flexibility index (Phi) is 8.51. The second-order valence-electron chi connectivity index (χ2n) is 10.5. The summed E-state index contributed by atoms with van der Waals surface area (Å²) in [6, 6.07) is 10.9. The minimum atomic E-state index is -1.14. The van der Waals surface area contributed by atoms with E-state index in [-0.39, 0.29) is 41.5 Å². The number of nitriles is 1. The first-order valence-electron chi connectivity index (χ1n) is 13.0. The number of nitrogens with one attached hydrogen (secondary N) is 1. The fourth-order valence-electron chi connectivity index (χ4n) is 4.85. The molecule has 204 valence electrons. The number of ether oxygens (including phenoxy) is 1. The fourth-order valence-corrected chi connectivity index (χ4v) is 4.85. The van der Waals surface area contributed by atoms with E-state index in [1.165, 1.54) is 10.9 Å². The summed E-state index contributed by atoms with van der Waals surface area (Å²) in [6.07, 6.45) is 1.80. The smallest absolute Gasteiger partial charge is 0.278 e. The maximum absolute atomic E-state index is 13.7. The number of ketones is 1. The molecule has 0 amide bonds. The SMILES string of the molecule is CC#CCn1c(N2CCC[C@@H](NC(O)OC(C)(C)C)C2)c(C#N)c2ncn(CC(=O)c3ccccc3)c(=O)c21. The second kappa shape index (κ2) is 11.8. The Balaban J connectivity index is 1.73. The number of Topliss-reactive ketones (excluding diaryl/α,β-unsaturated/α-hetero) is 1. The van der Waals surface area contributed by atoms with Gasteiger partial charge in [0.25, 0.3) is 5.56 Å². The van der Waals surface area contributed by atoms with Gasteiger partial charge in [0.1, 0.15) is 28.5 Å². The fraction of sp³-hybridized carbons (Fsp3) is 0.448. The van der Waals surface area contributed by atoms with Crippen molar-refractivity contribution in [3.8, 4) is 17.9 Å². The lowest BCUT2D eigenvalue weighted by atomic mass is 10.1. The van der Waals surface area contributed by atoms with Gasteiger partial charge in [-0.2, -0.15) is 5.26 Å². The Morgan fingerprint density at radius 1 is 1.31 bits per heavy atom. The highest BCUT2D eigenvalue weighted by molar-refractivity contribution is 5.96. The van der Waals surface area contributed by atoms with Crippen molar-refractivity contribution in [3.05, 3.63) is 58.1 Å². The van der Waals surface area contributed by atoms with Crippen LogP contribution in [0.5, 0.6) is 0 Å². The van der Waals surface area contributed by atoms with Crippen LogP contribution in [0.3, 0.4) is 0 Å². The number of aliphatic hydroxyl groups is 1. The molecule has 2 N–H and O–H groups in total. The molecule has 4 rings (SSSR count). The second-order valence-corrected chi connectivity index (χ2v) is 10.5. The quantitative estimate of drug-likeness (QED) is 0.259. The van der Waals surface area contributed by atoms with E-state index in [0.29, 0.717) is 24.5 Å². The summed E-state index contributed by atoms with van der Waals surface area (Å²) in [4.78, 5) is 33.0. The number of fused-ring (bicyclic) bond motifs is 1. The van der Waals surface area contributed by atoms with Crippen molar-refractivity contribution in [3.63, 3.8) is 0 Å². The number of rotatable bonds is 8. The lowest BCUT2D eigenvalue weighted by molar-refractivity contribution is -0.185. The van der Waals surface area contributed by atoms with Gasteiger partial charge in [-0.25, -0.2) is 4.98 Å². The molecular formula is C29H34N6O4. The molecule has 2 aromatic heterocycles.